The second-order valence-corrected chi connectivity index (χ2v) is 7.83. The van der Waals surface area contributed by atoms with Gasteiger partial charge in [0, 0.05) is 31.7 Å². The zero-order chi connectivity index (χ0) is 20.1. The Bertz CT molecular complexity index is 696. The van der Waals surface area contributed by atoms with Crippen LogP contribution in [0.3, 0.4) is 0 Å². The van der Waals surface area contributed by atoms with Gasteiger partial charge in [-0.2, -0.15) is 0 Å². The molecule has 0 bridgehead atoms. The fourth-order valence-corrected chi connectivity index (χ4v) is 4.03. The Morgan fingerprint density at radius 3 is 2.43 bits per heavy atom. The van der Waals surface area contributed by atoms with Crippen molar-refractivity contribution < 1.29 is 19.0 Å². The molecule has 7 heteroatoms. The van der Waals surface area contributed by atoms with E-state index >= 15 is 0 Å². The molecule has 154 valence electrons. The van der Waals surface area contributed by atoms with E-state index in [0.717, 1.165) is 49.6 Å². The fourth-order valence-electron chi connectivity index (χ4n) is 3.75. The second kappa shape index (κ2) is 9.56. The predicted octanol–water partition coefficient (Wildman–Crippen LogP) is 2.87. The molecule has 2 aliphatic heterocycles. The molecule has 1 aromatic carbocycles. The van der Waals surface area contributed by atoms with E-state index in [-0.39, 0.29) is 24.7 Å². The van der Waals surface area contributed by atoms with Crippen LogP contribution in [0.4, 0.5) is 0 Å². The molecule has 6 nitrogen and oxygen atoms in total. The number of ether oxygens (including phenoxy) is 3. The number of carbonyl (C=O) groups is 1. The van der Waals surface area contributed by atoms with Gasteiger partial charge in [0.1, 0.15) is 4.99 Å². The fraction of sp³-hybridized carbons (Fsp3) is 0.619. The monoisotopic (exact) mass is 406 g/mol. The van der Waals surface area contributed by atoms with Crippen molar-refractivity contribution in [3.63, 3.8) is 0 Å². The first-order valence-corrected chi connectivity index (χ1v) is 10.5. The van der Waals surface area contributed by atoms with Gasteiger partial charge in [-0.1, -0.05) is 12.2 Å². The first kappa shape index (κ1) is 20.9. The van der Waals surface area contributed by atoms with E-state index in [9.17, 15) is 4.79 Å². The molecule has 2 aliphatic rings. The molecule has 2 atom stereocenters. The summed E-state index contributed by atoms with van der Waals surface area (Å²) in [5.74, 6) is 1.21. The van der Waals surface area contributed by atoms with Crippen LogP contribution >= 0.6 is 12.2 Å². The topological polar surface area (TPSA) is 51.2 Å². The van der Waals surface area contributed by atoms with Crippen LogP contribution in [0.15, 0.2) is 18.2 Å². The molecule has 0 unspecified atom stereocenters. The van der Waals surface area contributed by atoms with E-state index in [1.165, 1.54) is 0 Å². The molecule has 0 aliphatic carbocycles. The van der Waals surface area contributed by atoms with Crippen molar-refractivity contribution in [2.24, 2.45) is 0 Å². The van der Waals surface area contributed by atoms with Gasteiger partial charge in [-0.3, -0.25) is 4.79 Å². The molecule has 2 saturated heterocycles. The molecule has 3 rings (SSSR count). The molecule has 28 heavy (non-hydrogen) atoms. The van der Waals surface area contributed by atoms with Crippen molar-refractivity contribution >= 4 is 23.1 Å². The van der Waals surface area contributed by atoms with E-state index in [2.05, 4.69) is 18.7 Å². The number of rotatable bonds is 6. The SMILES string of the molecule is CCOc1cc(C(=S)N2C[C@@H](C)O[C@@H](C)C2)ccc1OCC(=O)N1CCCC1. The van der Waals surface area contributed by atoms with Crippen LogP contribution in [0.5, 0.6) is 11.5 Å². The van der Waals surface area contributed by atoms with E-state index in [4.69, 9.17) is 26.4 Å². The van der Waals surface area contributed by atoms with Gasteiger partial charge in [-0.15, -0.1) is 0 Å². The van der Waals surface area contributed by atoms with Gasteiger partial charge in [-0.05, 0) is 51.8 Å². The van der Waals surface area contributed by atoms with Crippen LogP contribution in [0, 0.1) is 0 Å². The minimum atomic E-state index is 0.0239. The summed E-state index contributed by atoms with van der Waals surface area (Å²) in [6, 6.07) is 5.69. The minimum Gasteiger partial charge on any atom is -0.490 e. The van der Waals surface area contributed by atoms with Crippen LogP contribution in [0.25, 0.3) is 0 Å². The van der Waals surface area contributed by atoms with Gasteiger partial charge in [-0.25, -0.2) is 0 Å². The normalized spacial score (nSPS) is 22.2. The standard InChI is InChI=1S/C21H30N2O4S/c1-4-25-19-11-17(21(28)23-12-15(2)27-16(3)13-23)7-8-18(19)26-14-20(24)22-9-5-6-10-22/h7-8,11,15-16H,4-6,9-10,12-14H2,1-3H3/t15-,16+. The summed E-state index contributed by atoms with van der Waals surface area (Å²) in [6.07, 6.45) is 2.43. The zero-order valence-corrected chi connectivity index (χ0v) is 17.8. The number of hydrogen-bond donors (Lipinski definition) is 0. The third-order valence-electron chi connectivity index (χ3n) is 5.01. The highest BCUT2D eigenvalue weighted by Crippen LogP contribution is 2.30. The molecule has 0 aromatic heterocycles. The van der Waals surface area contributed by atoms with Gasteiger partial charge in [0.2, 0.25) is 0 Å². The lowest BCUT2D eigenvalue weighted by atomic mass is 10.1. The lowest BCUT2D eigenvalue weighted by Crippen LogP contribution is -2.47. The third-order valence-corrected chi connectivity index (χ3v) is 5.50. The first-order chi connectivity index (χ1) is 13.5. The summed E-state index contributed by atoms with van der Waals surface area (Å²) in [4.78, 5) is 17.1. The quantitative estimate of drug-likeness (QED) is 0.677. The molecular weight excluding hydrogens is 376 g/mol. The average Bonchev–Trinajstić information content (AvgIpc) is 3.20. The predicted molar refractivity (Wildman–Crippen MR) is 112 cm³/mol. The van der Waals surface area contributed by atoms with Crippen molar-refractivity contribution in [2.45, 2.75) is 45.8 Å². The van der Waals surface area contributed by atoms with Crippen molar-refractivity contribution in [1.29, 1.82) is 0 Å². The number of benzene rings is 1. The summed E-state index contributed by atoms with van der Waals surface area (Å²) in [6.45, 7) is 9.78. The molecule has 0 N–H and O–H groups in total. The lowest BCUT2D eigenvalue weighted by molar-refractivity contribution is -0.132. The largest absolute Gasteiger partial charge is 0.490 e. The molecule has 0 spiro atoms. The van der Waals surface area contributed by atoms with Crippen LogP contribution in [-0.2, 0) is 9.53 Å². The zero-order valence-electron chi connectivity index (χ0n) is 17.0. The Morgan fingerprint density at radius 2 is 1.79 bits per heavy atom. The smallest absolute Gasteiger partial charge is 0.260 e. The molecule has 0 radical (unpaired) electrons. The Hall–Kier alpha value is -1.86. The van der Waals surface area contributed by atoms with E-state index in [0.29, 0.717) is 18.1 Å². The van der Waals surface area contributed by atoms with Gasteiger partial charge < -0.3 is 24.0 Å². The number of morpholine rings is 1. The Balaban J connectivity index is 1.69. The number of hydrogen-bond acceptors (Lipinski definition) is 5. The Morgan fingerprint density at radius 1 is 1.11 bits per heavy atom. The maximum atomic E-state index is 12.3. The molecule has 1 aromatic rings. The van der Waals surface area contributed by atoms with Gasteiger partial charge in [0.05, 0.1) is 18.8 Å². The van der Waals surface area contributed by atoms with Crippen LogP contribution < -0.4 is 9.47 Å². The van der Waals surface area contributed by atoms with E-state index in [1.807, 2.05) is 30.0 Å². The third kappa shape index (κ3) is 5.14. The highest BCUT2D eigenvalue weighted by Gasteiger charge is 2.25. The summed E-state index contributed by atoms with van der Waals surface area (Å²) < 4.78 is 17.3. The minimum absolute atomic E-state index is 0.0239. The maximum Gasteiger partial charge on any atom is 0.260 e. The van der Waals surface area contributed by atoms with Crippen LogP contribution in [-0.4, -0.2) is 72.3 Å². The number of carbonyl (C=O) groups excluding carboxylic acids is 1. The van der Waals surface area contributed by atoms with Crippen LogP contribution in [0.2, 0.25) is 0 Å². The van der Waals surface area contributed by atoms with Crippen LogP contribution in [0.1, 0.15) is 39.2 Å². The highest BCUT2D eigenvalue weighted by atomic mass is 32.1. The number of nitrogens with zero attached hydrogens (tertiary/aromatic N) is 2. The van der Waals surface area contributed by atoms with Crippen molar-refractivity contribution in [3.05, 3.63) is 23.8 Å². The molecule has 0 saturated carbocycles. The van der Waals surface area contributed by atoms with E-state index in [1.54, 1.807) is 0 Å². The van der Waals surface area contributed by atoms with Gasteiger partial charge in [0.15, 0.2) is 18.1 Å². The van der Waals surface area contributed by atoms with E-state index < -0.39 is 0 Å². The summed E-state index contributed by atoms with van der Waals surface area (Å²) in [5.41, 5.74) is 0.915. The highest BCUT2D eigenvalue weighted by molar-refractivity contribution is 7.80. The number of thiocarbonyl (C=S) groups is 1. The second-order valence-electron chi connectivity index (χ2n) is 7.44. The van der Waals surface area contributed by atoms with Crippen molar-refractivity contribution in [3.8, 4) is 11.5 Å². The Labute approximate surface area is 172 Å². The Kier molecular flexibility index (Phi) is 7.13. The first-order valence-electron chi connectivity index (χ1n) is 10.1. The van der Waals surface area contributed by atoms with Crippen molar-refractivity contribution in [2.75, 3.05) is 39.4 Å². The summed E-state index contributed by atoms with van der Waals surface area (Å²) in [5, 5.41) is 0. The number of likely N-dealkylation sites (tertiary alicyclic amines) is 1. The lowest BCUT2D eigenvalue weighted by Gasteiger charge is -2.37. The van der Waals surface area contributed by atoms with Crippen molar-refractivity contribution in [1.82, 2.24) is 9.80 Å². The number of amides is 1. The molecular formula is C21H30N2O4S. The average molecular weight is 407 g/mol. The van der Waals surface area contributed by atoms with Gasteiger partial charge in [0.25, 0.3) is 5.91 Å². The molecule has 1 amide bonds. The summed E-state index contributed by atoms with van der Waals surface area (Å²) >= 11 is 5.73. The maximum absolute atomic E-state index is 12.3. The van der Waals surface area contributed by atoms with Gasteiger partial charge >= 0.3 is 0 Å². The molecule has 2 heterocycles. The molecule has 2 fully saturated rings. The summed E-state index contributed by atoms with van der Waals surface area (Å²) in [7, 11) is 0.